The summed E-state index contributed by atoms with van der Waals surface area (Å²) in [4.78, 5) is 12.2. The van der Waals surface area contributed by atoms with Crippen LogP contribution in [0, 0.1) is 0 Å². The lowest BCUT2D eigenvalue weighted by Crippen LogP contribution is -2.34. The van der Waals surface area contributed by atoms with Crippen molar-refractivity contribution in [3.63, 3.8) is 0 Å². The highest BCUT2D eigenvalue weighted by atomic mass is 35.5. The van der Waals surface area contributed by atoms with Gasteiger partial charge in [-0.3, -0.25) is 10.1 Å². The molecular formula is C17H14ClF3N2O2S. The Morgan fingerprint density at radius 3 is 2.58 bits per heavy atom. The van der Waals surface area contributed by atoms with E-state index >= 15 is 0 Å². The Morgan fingerprint density at radius 1 is 1.23 bits per heavy atom. The molecule has 0 atom stereocenters. The molecule has 0 aliphatic rings. The van der Waals surface area contributed by atoms with Crippen LogP contribution in [0.2, 0.25) is 5.02 Å². The van der Waals surface area contributed by atoms with Gasteiger partial charge in [0.15, 0.2) is 5.11 Å². The van der Waals surface area contributed by atoms with E-state index in [0.717, 1.165) is 12.1 Å². The number of alkyl halides is 3. The molecule has 2 rings (SSSR count). The maximum Gasteiger partial charge on any atom is 0.416 e. The van der Waals surface area contributed by atoms with Gasteiger partial charge in [0.2, 0.25) is 0 Å². The first-order valence-corrected chi connectivity index (χ1v) is 8.21. The van der Waals surface area contributed by atoms with Crippen LogP contribution in [0.3, 0.4) is 0 Å². The van der Waals surface area contributed by atoms with Crippen LogP contribution in [-0.4, -0.2) is 17.6 Å². The first-order chi connectivity index (χ1) is 12.2. The topological polar surface area (TPSA) is 50.4 Å². The molecule has 0 aliphatic heterocycles. The van der Waals surface area contributed by atoms with Crippen molar-refractivity contribution in [2.45, 2.75) is 13.1 Å². The van der Waals surface area contributed by atoms with Crippen molar-refractivity contribution in [3.8, 4) is 5.75 Å². The van der Waals surface area contributed by atoms with E-state index in [2.05, 4.69) is 10.6 Å². The molecule has 4 nitrogen and oxygen atoms in total. The van der Waals surface area contributed by atoms with Crippen LogP contribution >= 0.6 is 23.8 Å². The van der Waals surface area contributed by atoms with Gasteiger partial charge in [-0.1, -0.05) is 17.7 Å². The Labute approximate surface area is 158 Å². The Balaban J connectivity index is 2.04. The van der Waals surface area contributed by atoms with Gasteiger partial charge in [0.05, 0.1) is 17.2 Å². The van der Waals surface area contributed by atoms with Crippen molar-refractivity contribution >= 4 is 40.5 Å². The quantitative estimate of drug-likeness (QED) is 0.715. The van der Waals surface area contributed by atoms with Crippen molar-refractivity contribution in [2.24, 2.45) is 0 Å². The zero-order valence-corrected chi connectivity index (χ0v) is 15.1. The van der Waals surface area contributed by atoms with Gasteiger partial charge < -0.3 is 10.1 Å². The predicted octanol–water partition coefficient (Wildman–Crippen LogP) is 4.88. The highest BCUT2D eigenvalue weighted by Crippen LogP contribution is 2.30. The van der Waals surface area contributed by atoms with Gasteiger partial charge in [-0.2, -0.15) is 13.2 Å². The van der Waals surface area contributed by atoms with E-state index < -0.39 is 17.6 Å². The van der Waals surface area contributed by atoms with Gasteiger partial charge >= 0.3 is 6.18 Å². The SMILES string of the molecule is CCOc1ccc(C(=O)NC(=S)Nc2cccc(C(F)(F)F)c2)cc1Cl. The lowest BCUT2D eigenvalue weighted by Gasteiger charge is -2.12. The van der Waals surface area contributed by atoms with Crippen LogP contribution in [0.4, 0.5) is 18.9 Å². The van der Waals surface area contributed by atoms with Crippen LogP contribution in [-0.2, 0) is 6.18 Å². The minimum atomic E-state index is -4.47. The number of rotatable bonds is 4. The average Bonchev–Trinajstić information content (AvgIpc) is 2.56. The summed E-state index contributed by atoms with van der Waals surface area (Å²) >= 11 is 11.0. The van der Waals surface area contributed by atoms with Gasteiger partial charge in [0.25, 0.3) is 5.91 Å². The molecule has 0 spiro atoms. The van der Waals surface area contributed by atoms with Crippen molar-refractivity contribution < 1.29 is 22.7 Å². The summed E-state index contributed by atoms with van der Waals surface area (Å²) in [6.45, 7) is 2.23. The van der Waals surface area contributed by atoms with E-state index in [1.165, 1.54) is 24.3 Å². The molecule has 0 saturated carbocycles. The highest BCUT2D eigenvalue weighted by Gasteiger charge is 2.30. The molecule has 1 amide bonds. The van der Waals surface area contributed by atoms with E-state index in [4.69, 9.17) is 28.6 Å². The third kappa shape index (κ3) is 5.34. The number of halogens is 4. The monoisotopic (exact) mass is 402 g/mol. The maximum absolute atomic E-state index is 12.7. The molecule has 0 unspecified atom stereocenters. The normalized spacial score (nSPS) is 11.0. The van der Waals surface area contributed by atoms with Crippen molar-refractivity contribution in [2.75, 3.05) is 11.9 Å². The van der Waals surface area contributed by atoms with Crippen molar-refractivity contribution in [3.05, 3.63) is 58.6 Å². The molecule has 0 radical (unpaired) electrons. The van der Waals surface area contributed by atoms with Crippen LogP contribution < -0.4 is 15.4 Å². The molecule has 0 saturated heterocycles. The summed E-state index contributed by atoms with van der Waals surface area (Å²) in [5, 5.41) is 5.05. The number of carbonyl (C=O) groups is 1. The highest BCUT2D eigenvalue weighted by molar-refractivity contribution is 7.80. The van der Waals surface area contributed by atoms with Gasteiger partial charge in [0.1, 0.15) is 5.75 Å². The molecule has 9 heteroatoms. The summed E-state index contributed by atoms with van der Waals surface area (Å²) in [7, 11) is 0. The molecule has 0 heterocycles. The second-order valence-corrected chi connectivity index (χ2v) is 5.88. The maximum atomic E-state index is 12.7. The molecular weight excluding hydrogens is 389 g/mol. The average molecular weight is 403 g/mol. The first kappa shape index (κ1) is 20.0. The molecule has 2 N–H and O–H groups in total. The molecule has 0 fully saturated rings. The number of hydrogen-bond donors (Lipinski definition) is 2. The number of ether oxygens (including phenoxy) is 1. The van der Waals surface area contributed by atoms with Crippen LogP contribution in [0.25, 0.3) is 0 Å². The largest absolute Gasteiger partial charge is 0.492 e. The second-order valence-electron chi connectivity index (χ2n) is 5.07. The third-order valence-electron chi connectivity index (χ3n) is 3.17. The Bertz CT molecular complexity index is 828. The number of nitrogens with one attached hydrogen (secondary N) is 2. The summed E-state index contributed by atoms with van der Waals surface area (Å²) in [5.74, 6) is -0.116. The zero-order valence-electron chi connectivity index (χ0n) is 13.5. The fraction of sp³-hybridized carbons (Fsp3) is 0.176. The standard InChI is InChI=1S/C17H14ClF3N2O2S/c1-2-25-14-7-6-10(8-13(14)18)15(24)23-16(26)22-12-5-3-4-11(9-12)17(19,20)21/h3-9H,2H2,1H3,(H2,22,23,24,26). The molecule has 26 heavy (non-hydrogen) atoms. The fourth-order valence-electron chi connectivity index (χ4n) is 2.03. The van der Waals surface area contributed by atoms with Gasteiger partial charge in [0, 0.05) is 11.3 Å². The lowest BCUT2D eigenvalue weighted by atomic mass is 10.2. The minimum Gasteiger partial charge on any atom is -0.492 e. The molecule has 138 valence electrons. The molecule has 2 aromatic carbocycles. The first-order valence-electron chi connectivity index (χ1n) is 7.42. The number of carbonyl (C=O) groups excluding carboxylic acids is 1. The minimum absolute atomic E-state index is 0.106. The number of anilines is 1. The van der Waals surface area contributed by atoms with Gasteiger partial charge in [-0.15, -0.1) is 0 Å². The van der Waals surface area contributed by atoms with E-state index in [9.17, 15) is 18.0 Å². The van der Waals surface area contributed by atoms with E-state index in [-0.39, 0.29) is 21.4 Å². The van der Waals surface area contributed by atoms with Crippen LogP contribution in [0.5, 0.6) is 5.75 Å². The zero-order chi connectivity index (χ0) is 19.3. The smallest absolute Gasteiger partial charge is 0.416 e. The molecule has 2 aromatic rings. The Kier molecular flexibility index (Phi) is 6.44. The number of benzene rings is 2. The predicted molar refractivity (Wildman–Crippen MR) is 97.8 cm³/mol. The van der Waals surface area contributed by atoms with Gasteiger partial charge in [-0.05, 0) is 55.5 Å². The fourth-order valence-corrected chi connectivity index (χ4v) is 2.47. The van der Waals surface area contributed by atoms with Crippen molar-refractivity contribution in [1.82, 2.24) is 5.32 Å². The lowest BCUT2D eigenvalue weighted by molar-refractivity contribution is -0.137. The van der Waals surface area contributed by atoms with Crippen LogP contribution in [0.15, 0.2) is 42.5 Å². The number of thiocarbonyl (C=S) groups is 1. The van der Waals surface area contributed by atoms with E-state index in [0.29, 0.717) is 12.4 Å². The molecule has 0 aromatic heterocycles. The van der Waals surface area contributed by atoms with E-state index in [1.807, 2.05) is 0 Å². The van der Waals surface area contributed by atoms with E-state index in [1.54, 1.807) is 13.0 Å². The molecule has 0 aliphatic carbocycles. The summed E-state index contributed by atoms with van der Waals surface area (Å²) in [5.41, 5.74) is -0.489. The Hall–Kier alpha value is -2.32. The number of hydrogen-bond acceptors (Lipinski definition) is 3. The Morgan fingerprint density at radius 2 is 1.96 bits per heavy atom. The molecule has 0 bridgehead atoms. The summed E-state index contributed by atoms with van der Waals surface area (Å²) in [6.07, 6.45) is -4.47. The second kappa shape index (κ2) is 8.37. The van der Waals surface area contributed by atoms with Crippen LogP contribution in [0.1, 0.15) is 22.8 Å². The van der Waals surface area contributed by atoms with Gasteiger partial charge in [-0.25, -0.2) is 0 Å². The summed E-state index contributed by atoms with van der Waals surface area (Å²) in [6, 6.07) is 8.93. The number of amides is 1. The van der Waals surface area contributed by atoms with Crippen molar-refractivity contribution in [1.29, 1.82) is 0 Å². The third-order valence-corrected chi connectivity index (χ3v) is 3.67. The summed E-state index contributed by atoms with van der Waals surface area (Å²) < 4.78 is 43.4.